The number of halogens is 1. The van der Waals surface area contributed by atoms with Crippen LogP contribution in [-0.4, -0.2) is 17.3 Å². The van der Waals surface area contributed by atoms with Gasteiger partial charge >= 0.3 is 0 Å². The minimum atomic E-state index is -0.673. The molecule has 3 N–H and O–H groups in total. The summed E-state index contributed by atoms with van der Waals surface area (Å²) in [5, 5.41) is 10.1. The van der Waals surface area contributed by atoms with Crippen molar-refractivity contribution in [3.63, 3.8) is 0 Å². The quantitative estimate of drug-likeness (QED) is 0.729. The summed E-state index contributed by atoms with van der Waals surface area (Å²) in [6.45, 7) is 4.42. The van der Waals surface area contributed by atoms with E-state index in [9.17, 15) is 5.11 Å². The summed E-state index contributed by atoms with van der Waals surface area (Å²) in [6.07, 6.45) is 6.05. The largest absolute Gasteiger partial charge is 0.388 e. The molecule has 3 heteroatoms. The van der Waals surface area contributed by atoms with Crippen LogP contribution in [-0.2, 0) is 0 Å². The SMILES string of the molecule is CC(O)(CN)C1(C)CCCCC1.Cl. The Labute approximate surface area is 87.3 Å². The normalized spacial score (nSPS) is 25.8. The first-order valence-electron chi connectivity index (χ1n) is 4.94. The molecule has 0 amide bonds. The summed E-state index contributed by atoms with van der Waals surface area (Å²) in [5.74, 6) is 0. The van der Waals surface area contributed by atoms with Gasteiger partial charge in [-0.15, -0.1) is 12.4 Å². The first kappa shape index (κ1) is 13.2. The fourth-order valence-corrected chi connectivity index (χ4v) is 2.12. The van der Waals surface area contributed by atoms with Crippen molar-refractivity contribution in [3.8, 4) is 0 Å². The molecule has 1 aliphatic carbocycles. The van der Waals surface area contributed by atoms with Gasteiger partial charge in [0.2, 0.25) is 0 Å². The van der Waals surface area contributed by atoms with E-state index in [0.29, 0.717) is 6.54 Å². The summed E-state index contributed by atoms with van der Waals surface area (Å²) in [5.41, 5.74) is 4.95. The van der Waals surface area contributed by atoms with Crippen LogP contribution < -0.4 is 5.73 Å². The van der Waals surface area contributed by atoms with E-state index in [1.807, 2.05) is 6.92 Å². The van der Waals surface area contributed by atoms with Crippen molar-refractivity contribution in [2.75, 3.05) is 6.54 Å². The maximum Gasteiger partial charge on any atom is 0.0794 e. The van der Waals surface area contributed by atoms with Crippen LogP contribution in [0.1, 0.15) is 46.0 Å². The van der Waals surface area contributed by atoms with Crippen LogP contribution in [0.15, 0.2) is 0 Å². The molecule has 0 aromatic heterocycles. The topological polar surface area (TPSA) is 46.2 Å². The number of aliphatic hydroxyl groups is 1. The van der Waals surface area contributed by atoms with Gasteiger partial charge in [-0.3, -0.25) is 0 Å². The number of nitrogens with two attached hydrogens (primary N) is 1. The highest BCUT2D eigenvalue weighted by Crippen LogP contribution is 2.43. The van der Waals surface area contributed by atoms with Crippen LogP contribution in [0.5, 0.6) is 0 Å². The molecule has 1 aliphatic rings. The molecule has 13 heavy (non-hydrogen) atoms. The lowest BCUT2D eigenvalue weighted by Crippen LogP contribution is -2.50. The van der Waals surface area contributed by atoms with E-state index in [2.05, 4.69) is 6.92 Å². The molecule has 0 aliphatic heterocycles. The molecule has 1 fully saturated rings. The molecule has 1 saturated carbocycles. The van der Waals surface area contributed by atoms with Gasteiger partial charge in [-0.1, -0.05) is 26.2 Å². The van der Waals surface area contributed by atoms with Gasteiger partial charge in [-0.25, -0.2) is 0 Å². The highest BCUT2D eigenvalue weighted by atomic mass is 35.5. The van der Waals surface area contributed by atoms with E-state index in [1.54, 1.807) is 0 Å². The highest BCUT2D eigenvalue weighted by molar-refractivity contribution is 5.85. The fraction of sp³-hybridized carbons (Fsp3) is 1.00. The van der Waals surface area contributed by atoms with Gasteiger partial charge in [0.05, 0.1) is 5.60 Å². The summed E-state index contributed by atoms with van der Waals surface area (Å²) < 4.78 is 0. The van der Waals surface area contributed by atoms with E-state index in [0.717, 1.165) is 12.8 Å². The van der Waals surface area contributed by atoms with Gasteiger partial charge in [0.15, 0.2) is 0 Å². The molecule has 1 atom stereocenters. The van der Waals surface area contributed by atoms with Gasteiger partial charge in [0, 0.05) is 6.54 Å². The Bertz CT molecular complexity index is 153. The van der Waals surface area contributed by atoms with Crippen molar-refractivity contribution < 1.29 is 5.11 Å². The zero-order valence-corrected chi connectivity index (χ0v) is 9.49. The Morgan fingerprint density at radius 3 is 2.15 bits per heavy atom. The van der Waals surface area contributed by atoms with E-state index >= 15 is 0 Å². The lowest BCUT2D eigenvalue weighted by atomic mass is 9.65. The molecule has 1 rings (SSSR count). The molecule has 0 spiro atoms. The monoisotopic (exact) mass is 207 g/mol. The second-order valence-electron chi connectivity index (χ2n) is 4.60. The van der Waals surface area contributed by atoms with Gasteiger partial charge < -0.3 is 10.8 Å². The van der Waals surface area contributed by atoms with Crippen molar-refractivity contribution in [3.05, 3.63) is 0 Å². The van der Waals surface area contributed by atoms with Crippen molar-refractivity contribution in [2.45, 2.75) is 51.6 Å². The Morgan fingerprint density at radius 1 is 1.31 bits per heavy atom. The molecular formula is C10H22ClNO. The van der Waals surface area contributed by atoms with Crippen molar-refractivity contribution in [2.24, 2.45) is 11.1 Å². The lowest BCUT2D eigenvalue weighted by Gasteiger charge is -2.45. The average Bonchev–Trinajstić information content (AvgIpc) is 2.06. The molecule has 0 radical (unpaired) electrons. The number of rotatable bonds is 2. The van der Waals surface area contributed by atoms with E-state index in [1.165, 1.54) is 19.3 Å². The molecular weight excluding hydrogens is 186 g/mol. The second-order valence-corrected chi connectivity index (χ2v) is 4.60. The average molecular weight is 208 g/mol. The summed E-state index contributed by atoms with van der Waals surface area (Å²) in [4.78, 5) is 0. The Hall–Kier alpha value is 0.210. The molecule has 0 aromatic rings. The molecule has 0 saturated heterocycles. The Morgan fingerprint density at radius 2 is 1.77 bits per heavy atom. The third-order valence-corrected chi connectivity index (χ3v) is 3.65. The van der Waals surface area contributed by atoms with Crippen molar-refractivity contribution in [1.82, 2.24) is 0 Å². The van der Waals surface area contributed by atoms with E-state index in [4.69, 9.17) is 5.73 Å². The predicted molar refractivity (Wildman–Crippen MR) is 58.1 cm³/mol. The Kier molecular flexibility index (Phi) is 4.70. The van der Waals surface area contributed by atoms with Crippen LogP contribution in [0.4, 0.5) is 0 Å². The molecule has 2 nitrogen and oxygen atoms in total. The number of hydrogen-bond acceptors (Lipinski definition) is 2. The molecule has 0 aromatic carbocycles. The second kappa shape index (κ2) is 4.63. The highest BCUT2D eigenvalue weighted by Gasteiger charge is 2.42. The third-order valence-electron chi connectivity index (χ3n) is 3.65. The fourth-order valence-electron chi connectivity index (χ4n) is 2.12. The standard InChI is InChI=1S/C10H21NO.ClH/c1-9(10(2,12)8-11)6-4-3-5-7-9;/h12H,3-8,11H2,1-2H3;1H. The van der Waals surface area contributed by atoms with E-state index < -0.39 is 5.60 Å². The predicted octanol–water partition coefficient (Wildman–Crippen LogP) is 2.09. The van der Waals surface area contributed by atoms with E-state index in [-0.39, 0.29) is 17.8 Å². The minimum absolute atomic E-state index is 0. The Balaban J connectivity index is 0.00000144. The maximum absolute atomic E-state index is 10.1. The first-order valence-corrected chi connectivity index (χ1v) is 4.94. The van der Waals surface area contributed by atoms with Gasteiger partial charge in [-0.2, -0.15) is 0 Å². The van der Waals surface area contributed by atoms with Crippen LogP contribution >= 0.6 is 12.4 Å². The van der Waals surface area contributed by atoms with Gasteiger partial charge in [0.1, 0.15) is 0 Å². The maximum atomic E-state index is 10.1. The zero-order valence-electron chi connectivity index (χ0n) is 8.68. The summed E-state index contributed by atoms with van der Waals surface area (Å²) >= 11 is 0. The minimum Gasteiger partial charge on any atom is -0.388 e. The summed E-state index contributed by atoms with van der Waals surface area (Å²) in [6, 6.07) is 0. The van der Waals surface area contributed by atoms with Crippen molar-refractivity contribution >= 4 is 12.4 Å². The van der Waals surface area contributed by atoms with Gasteiger partial charge in [-0.05, 0) is 25.2 Å². The van der Waals surface area contributed by atoms with Crippen LogP contribution in [0, 0.1) is 5.41 Å². The van der Waals surface area contributed by atoms with Gasteiger partial charge in [0.25, 0.3) is 0 Å². The molecule has 0 bridgehead atoms. The van der Waals surface area contributed by atoms with Crippen LogP contribution in [0.3, 0.4) is 0 Å². The number of hydrogen-bond donors (Lipinski definition) is 2. The van der Waals surface area contributed by atoms with Crippen LogP contribution in [0.2, 0.25) is 0 Å². The van der Waals surface area contributed by atoms with Crippen LogP contribution in [0.25, 0.3) is 0 Å². The van der Waals surface area contributed by atoms with Crippen molar-refractivity contribution in [1.29, 1.82) is 0 Å². The first-order chi connectivity index (χ1) is 5.52. The smallest absolute Gasteiger partial charge is 0.0794 e. The zero-order chi connectivity index (χ0) is 9.24. The molecule has 80 valence electrons. The summed E-state index contributed by atoms with van der Waals surface area (Å²) in [7, 11) is 0. The third kappa shape index (κ3) is 2.58. The molecule has 1 unspecified atom stereocenters. The lowest BCUT2D eigenvalue weighted by molar-refractivity contribution is -0.0725. The molecule has 0 heterocycles.